The minimum Gasteiger partial charge on any atom is -0.478 e. The highest BCUT2D eigenvalue weighted by molar-refractivity contribution is 7.16. The normalized spacial score (nSPS) is 10.5. The molecule has 4 nitrogen and oxygen atoms in total. The molecule has 0 aromatic carbocycles. The van der Waals surface area contributed by atoms with E-state index in [4.69, 9.17) is 10.8 Å². The van der Waals surface area contributed by atoms with Crippen LogP contribution in [0.25, 0.3) is 10.2 Å². The first-order chi connectivity index (χ1) is 6.18. The number of carbonyl (C=O) groups is 1. The molecule has 3 N–H and O–H groups in total. The molecule has 0 fully saturated rings. The molecule has 0 radical (unpaired) electrons. The van der Waals surface area contributed by atoms with Crippen molar-refractivity contribution in [2.24, 2.45) is 0 Å². The Hall–Kier alpha value is -1.62. The van der Waals surface area contributed by atoms with Crippen LogP contribution in [0.3, 0.4) is 0 Å². The van der Waals surface area contributed by atoms with Crippen LogP contribution in [0, 0.1) is 0 Å². The molecule has 0 unspecified atom stereocenters. The number of carboxylic acids is 1. The lowest BCUT2D eigenvalue weighted by atomic mass is 10.2. The van der Waals surface area contributed by atoms with Gasteiger partial charge in [-0.2, -0.15) is 0 Å². The second-order valence-electron chi connectivity index (χ2n) is 2.54. The fraction of sp³-hybridized carbons (Fsp3) is 0. The highest BCUT2D eigenvalue weighted by Crippen LogP contribution is 2.22. The molecule has 66 valence electrons. The van der Waals surface area contributed by atoms with Gasteiger partial charge in [-0.05, 0) is 17.5 Å². The van der Waals surface area contributed by atoms with E-state index in [9.17, 15) is 4.79 Å². The Kier molecular flexibility index (Phi) is 1.66. The van der Waals surface area contributed by atoms with Crippen molar-refractivity contribution in [3.63, 3.8) is 0 Å². The number of rotatable bonds is 1. The van der Waals surface area contributed by atoms with Crippen molar-refractivity contribution in [1.82, 2.24) is 4.98 Å². The van der Waals surface area contributed by atoms with Gasteiger partial charge in [-0.1, -0.05) is 0 Å². The summed E-state index contributed by atoms with van der Waals surface area (Å²) in [6.45, 7) is 0. The molecule has 2 aromatic heterocycles. The van der Waals surface area contributed by atoms with E-state index in [1.807, 2.05) is 11.4 Å². The highest BCUT2D eigenvalue weighted by atomic mass is 32.1. The van der Waals surface area contributed by atoms with E-state index < -0.39 is 5.97 Å². The van der Waals surface area contributed by atoms with Crippen molar-refractivity contribution in [1.29, 1.82) is 0 Å². The quantitative estimate of drug-likeness (QED) is 0.722. The molecule has 0 saturated carbocycles. The Morgan fingerprint density at radius 1 is 1.62 bits per heavy atom. The van der Waals surface area contributed by atoms with Gasteiger partial charge in [0.2, 0.25) is 0 Å². The van der Waals surface area contributed by atoms with Gasteiger partial charge in [-0.15, -0.1) is 11.3 Å². The number of aromatic carboxylic acids is 1. The predicted molar refractivity (Wildman–Crippen MR) is 51.0 cm³/mol. The molecule has 0 saturated heterocycles. The van der Waals surface area contributed by atoms with Gasteiger partial charge in [0, 0.05) is 5.39 Å². The minimum absolute atomic E-state index is 0.0610. The van der Waals surface area contributed by atoms with Gasteiger partial charge in [0.1, 0.15) is 16.2 Å². The lowest BCUT2D eigenvalue weighted by Crippen LogP contribution is -2.03. The fourth-order valence-corrected chi connectivity index (χ4v) is 1.84. The van der Waals surface area contributed by atoms with Crippen molar-refractivity contribution < 1.29 is 9.90 Å². The molecule has 0 aliphatic heterocycles. The van der Waals surface area contributed by atoms with Crippen LogP contribution in [-0.4, -0.2) is 16.1 Å². The Morgan fingerprint density at radius 2 is 2.38 bits per heavy atom. The fourth-order valence-electron chi connectivity index (χ4n) is 1.08. The first-order valence-corrected chi connectivity index (χ1v) is 4.43. The topological polar surface area (TPSA) is 76.2 Å². The van der Waals surface area contributed by atoms with E-state index in [2.05, 4.69) is 4.98 Å². The number of nitrogen functional groups attached to an aromatic ring is 1. The lowest BCUT2D eigenvalue weighted by molar-refractivity contribution is 0.0698. The van der Waals surface area contributed by atoms with E-state index >= 15 is 0 Å². The number of anilines is 1. The number of nitrogens with two attached hydrogens (primary N) is 1. The van der Waals surface area contributed by atoms with Gasteiger partial charge in [-0.25, -0.2) is 9.78 Å². The van der Waals surface area contributed by atoms with E-state index in [0.717, 1.165) is 10.2 Å². The summed E-state index contributed by atoms with van der Waals surface area (Å²) in [7, 11) is 0. The minimum atomic E-state index is -1.04. The Balaban J connectivity index is 2.76. The predicted octanol–water partition coefficient (Wildman–Crippen LogP) is 1.58. The zero-order valence-corrected chi connectivity index (χ0v) is 7.34. The molecule has 5 heteroatoms. The Bertz CT molecular complexity index is 478. The monoisotopic (exact) mass is 194 g/mol. The number of hydrogen-bond donors (Lipinski definition) is 2. The molecule has 0 aliphatic rings. The number of carboxylic acid groups (broad SMARTS) is 1. The second-order valence-corrected chi connectivity index (χ2v) is 3.44. The molecule has 0 atom stereocenters. The smallest absolute Gasteiger partial charge is 0.339 e. The molecule has 2 heterocycles. The molecule has 0 aliphatic carbocycles. The molecule has 2 rings (SSSR count). The lowest BCUT2D eigenvalue weighted by Gasteiger charge is -1.98. The summed E-state index contributed by atoms with van der Waals surface area (Å²) >= 11 is 1.44. The first kappa shape index (κ1) is 8.00. The summed E-state index contributed by atoms with van der Waals surface area (Å²) in [4.78, 5) is 15.4. The summed E-state index contributed by atoms with van der Waals surface area (Å²) in [5.41, 5.74) is 5.52. The summed E-state index contributed by atoms with van der Waals surface area (Å²) < 4.78 is 0. The zero-order chi connectivity index (χ0) is 9.42. The van der Waals surface area contributed by atoms with Crippen molar-refractivity contribution in [2.45, 2.75) is 0 Å². The highest BCUT2D eigenvalue weighted by Gasteiger charge is 2.10. The van der Waals surface area contributed by atoms with Gasteiger partial charge in [0.15, 0.2) is 0 Å². The maximum Gasteiger partial charge on any atom is 0.339 e. The molecular formula is C8H6N2O2S. The van der Waals surface area contributed by atoms with E-state index in [-0.39, 0.29) is 11.4 Å². The second kappa shape index (κ2) is 2.70. The average molecular weight is 194 g/mol. The third-order valence-corrected chi connectivity index (χ3v) is 2.52. The summed E-state index contributed by atoms with van der Waals surface area (Å²) in [5, 5.41) is 11.4. The Labute approximate surface area is 77.6 Å². The van der Waals surface area contributed by atoms with Crippen molar-refractivity contribution in [3.8, 4) is 0 Å². The molecule has 13 heavy (non-hydrogen) atoms. The SMILES string of the molecule is Nc1nc2sccc2cc1C(=O)O. The van der Waals surface area contributed by atoms with E-state index in [1.165, 1.54) is 17.4 Å². The van der Waals surface area contributed by atoms with Crippen molar-refractivity contribution in [3.05, 3.63) is 23.1 Å². The molecule has 2 aromatic rings. The van der Waals surface area contributed by atoms with Crippen molar-refractivity contribution >= 4 is 33.3 Å². The van der Waals surface area contributed by atoms with Crippen LogP contribution in [0.1, 0.15) is 10.4 Å². The number of fused-ring (bicyclic) bond motifs is 1. The van der Waals surface area contributed by atoms with Crippen LogP contribution >= 0.6 is 11.3 Å². The van der Waals surface area contributed by atoms with Gasteiger partial charge in [0.25, 0.3) is 0 Å². The van der Waals surface area contributed by atoms with Crippen LogP contribution in [0.15, 0.2) is 17.5 Å². The largest absolute Gasteiger partial charge is 0.478 e. The number of aromatic nitrogens is 1. The number of pyridine rings is 1. The van der Waals surface area contributed by atoms with Gasteiger partial charge in [-0.3, -0.25) is 0 Å². The average Bonchev–Trinajstić information content (AvgIpc) is 2.48. The van der Waals surface area contributed by atoms with E-state index in [0.29, 0.717) is 0 Å². The maximum absolute atomic E-state index is 10.7. The van der Waals surface area contributed by atoms with Crippen LogP contribution in [0.4, 0.5) is 5.82 Å². The van der Waals surface area contributed by atoms with Crippen LogP contribution in [0.2, 0.25) is 0 Å². The van der Waals surface area contributed by atoms with Gasteiger partial charge >= 0.3 is 5.97 Å². The van der Waals surface area contributed by atoms with E-state index in [1.54, 1.807) is 0 Å². The number of hydrogen-bond acceptors (Lipinski definition) is 4. The molecule has 0 amide bonds. The number of nitrogens with zero attached hydrogens (tertiary/aromatic N) is 1. The zero-order valence-electron chi connectivity index (χ0n) is 6.52. The summed E-state index contributed by atoms with van der Waals surface area (Å²) in [6, 6.07) is 3.36. The summed E-state index contributed by atoms with van der Waals surface area (Å²) in [5.74, 6) is -0.972. The molecule has 0 bridgehead atoms. The maximum atomic E-state index is 10.7. The molecule has 0 spiro atoms. The summed E-state index contributed by atoms with van der Waals surface area (Å²) in [6.07, 6.45) is 0. The van der Waals surface area contributed by atoms with Gasteiger partial charge < -0.3 is 10.8 Å². The standard InChI is InChI=1S/C8H6N2O2S/c9-6-5(8(11)12)3-4-1-2-13-7(4)10-6/h1-3H,(H2,9,10)(H,11,12). The first-order valence-electron chi connectivity index (χ1n) is 3.55. The van der Waals surface area contributed by atoms with Gasteiger partial charge in [0.05, 0.1) is 0 Å². The third kappa shape index (κ3) is 1.23. The molecular weight excluding hydrogens is 188 g/mol. The van der Waals surface area contributed by atoms with Crippen molar-refractivity contribution in [2.75, 3.05) is 5.73 Å². The third-order valence-electron chi connectivity index (χ3n) is 1.70. The number of thiophene rings is 1. The van der Waals surface area contributed by atoms with Crippen LogP contribution < -0.4 is 5.73 Å². The Morgan fingerprint density at radius 3 is 3.08 bits per heavy atom. The van der Waals surface area contributed by atoms with Crippen LogP contribution in [-0.2, 0) is 0 Å². The van der Waals surface area contributed by atoms with Crippen LogP contribution in [0.5, 0.6) is 0 Å².